The van der Waals surface area contributed by atoms with Gasteiger partial charge in [-0.15, -0.1) is 0 Å². The van der Waals surface area contributed by atoms with Crippen molar-refractivity contribution in [3.8, 4) is 0 Å². The summed E-state index contributed by atoms with van der Waals surface area (Å²) in [6.45, 7) is 10.9. The number of hydrogen-bond donors (Lipinski definition) is 1. The Morgan fingerprint density at radius 2 is 1.81 bits per heavy atom. The highest BCUT2D eigenvalue weighted by atomic mass is 16.5. The van der Waals surface area contributed by atoms with Gasteiger partial charge >= 0.3 is 0 Å². The average Bonchev–Trinajstić information content (AvgIpc) is 2.72. The van der Waals surface area contributed by atoms with E-state index in [1.165, 1.54) is 0 Å². The summed E-state index contributed by atoms with van der Waals surface area (Å²) in [5.41, 5.74) is 0.463. The zero-order valence-corrected chi connectivity index (χ0v) is 16.2. The molecule has 8 nitrogen and oxygen atoms in total. The molecule has 2 aliphatic heterocycles. The quantitative estimate of drug-likeness (QED) is 0.823. The minimum absolute atomic E-state index is 0.0348. The zero-order chi connectivity index (χ0) is 18.9. The van der Waals surface area contributed by atoms with Crippen LogP contribution in [0.2, 0.25) is 0 Å². The van der Waals surface area contributed by atoms with Crippen molar-refractivity contribution in [1.29, 1.82) is 0 Å². The van der Waals surface area contributed by atoms with E-state index in [9.17, 15) is 4.79 Å². The van der Waals surface area contributed by atoms with Crippen molar-refractivity contribution in [2.45, 2.75) is 32.4 Å². The number of amides is 1. The first kappa shape index (κ1) is 18.6. The molecule has 0 bridgehead atoms. The van der Waals surface area contributed by atoms with E-state index in [0.717, 1.165) is 45.8 Å². The lowest BCUT2D eigenvalue weighted by Crippen LogP contribution is -2.67. The van der Waals surface area contributed by atoms with Crippen LogP contribution in [0.3, 0.4) is 0 Å². The highest BCUT2D eigenvalue weighted by molar-refractivity contribution is 5.92. The number of morpholine rings is 2. The molecule has 2 unspecified atom stereocenters. The fourth-order valence-electron chi connectivity index (χ4n) is 4.28. The molecule has 27 heavy (non-hydrogen) atoms. The number of carbonyl (C=O) groups excluding carboxylic acids is 1. The number of ether oxygens (including phenoxy) is 2. The van der Waals surface area contributed by atoms with Crippen LogP contribution in [0.15, 0.2) is 12.3 Å². The van der Waals surface area contributed by atoms with E-state index in [-0.39, 0.29) is 17.4 Å². The van der Waals surface area contributed by atoms with Gasteiger partial charge in [0.1, 0.15) is 5.69 Å². The van der Waals surface area contributed by atoms with Gasteiger partial charge in [-0.2, -0.15) is 0 Å². The molecule has 1 aliphatic carbocycles. The minimum Gasteiger partial charge on any atom is -0.379 e. The molecular formula is C19H29N5O3. The fraction of sp³-hybridized carbons (Fsp3) is 0.737. The summed E-state index contributed by atoms with van der Waals surface area (Å²) in [5, 5.41) is 3.19. The Kier molecular flexibility index (Phi) is 5.29. The summed E-state index contributed by atoms with van der Waals surface area (Å²) in [7, 11) is 0. The van der Waals surface area contributed by atoms with Crippen LogP contribution < -0.4 is 10.2 Å². The van der Waals surface area contributed by atoms with Gasteiger partial charge in [0.2, 0.25) is 5.95 Å². The number of carbonyl (C=O) groups is 1. The number of rotatable bonds is 4. The topological polar surface area (TPSA) is 79.8 Å². The number of aromatic nitrogens is 2. The largest absolute Gasteiger partial charge is 0.379 e. The van der Waals surface area contributed by atoms with Crippen molar-refractivity contribution >= 4 is 11.9 Å². The van der Waals surface area contributed by atoms with E-state index in [4.69, 9.17) is 9.47 Å². The minimum atomic E-state index is -0.120. The van der Waals surface area contributed by atoms with Crippen LogP contribution in [0, 0.1) is 5.41 Å². The SMILES string of the molecule is CC1(C)C(NC(=O)c2ccnc(N3CCOCC3)n2)CC1N1CCOCC1. The second kappa shape index (κ2) is 7.69. The van der Waals surface area contributed by atoms with Crippen LogP contribution >= 0.6 is 0 Å². The van der Waals surface area contributed by atoms with Crippen molar-refractivity contribution < 1.29 is 14.3 Å². The van der Waals surface area contributed by atoms with Crippen LogP contribution in [0.5, 0.6) is 0 Å². The standard InChI is InChI=1S/C19H29N5O3/c1-19(2)15(13-16(19)23-5-9-26-10-6-23)22-17(25)14-3-4-20-18(21-14)24-7-11-27-12-8-24/h3-4,15-16H,5-13H2,1-2H3,(H,22,25). The van der Waals surface area contributed by atoms with Crippen molar-refractivity contribution in [3.05, 3.63) is 18.0 Å². The van der Waals surface area contributed by atoms with Crippen LogP contribution in [0.25, 0.3) is 0 Å². The second-order valence-corrected chi connectivity index (χ2v) is 8.09. The molecule has 0 aromatic carbocycles. The third kappa shape index (κ3) is 3.79. The normalized spacial score (nSPS) is 28.4. The van der Waals surface area contributed by atoms with Crippen LogP contribution in [0.1, 0.15) is 30.8 Å². The first-order valence-corrected chi connectivity index (χ1v) is 9.84. The Hall–Kier alpha value is -1.77. The van der Waals surface area contributed by atoms with Crippen molar-refractivity contribution in [2.24, 2.45) is 5.41 Å². The lowest BCUT2D eigenvalue weighted by Gasteiger charge is -2.57. The number of hydrogen-bond acceptors (Lipinski definition) is 7. The lowest BCUT2D eigenvalue weighted by atomic mass is 9.62. The summed E-state index contributed by atoms with van der Waals surface area (Å²) in [6, 6.07) is 2.32. The summed E-state index contributed by atoms with van der Waals surface area (Å²) in [4.78, 5) is 26.1. The molecule has 1 aromatic heterocycles. The molecule has 148 valence electrons. The van der Waals surface area contributed by atoms with Gasteiger partial charge in [-0.25, -0.2) is 9.97 Å². The molecule has 1 saturated carbocycles. The van der Waals surface area contributed by atoms with Crippen molar-refractivity contribution in [2.75, 3.05) is 57.5 Å². The zero-order valence-electron chi connectivity index (χ0n) is 16.2. The molecule has 1 aromatic rings. The van der Waals surface area contributed by atoms with E-state index >= 15 is 0 Å². The van der Waals surface area contributed by atoms with E-state index in [2.05, 4.69) is 38.9 Å². The maximum Gasteiger partial charge on any atom is 0.270 e. The monoisotopic (exact) mass is 375 g/mol. The Morgan fingerprint density at radius 1 is 1.15 bits per heavy atom. The molecule has 2 saturated heterocycles. The smallest absolute Gasteiger partial charge is 0.270 e. The third-order valence-electron chi connectivity index (χ3n) is 6.18. The Balaban J connectivity index is 1.38. The fourth-order valence-corrected chi connectivity index (χ4v) is 4.28. The highest BCUT2D eigenvalue weighted by Crippen LogP contribution is 2.44. The predicted molar refractivity (Wildman–Crippen MR) is 101 cm³/mol. The predicted octanol–water partition coefficient (Wildman–Crippen LogP) is 0.542. The first-order chi connectivity index (χ1) is 13.1. The van der Waals surface area contributed by atoms with Gasteiger partial charge in [0.05, 0.1) is 26.4 Å². The first-order valence-electron chi connectivity index (χ1n) is 9.84. The highest BCUT2D eigenvalue weighted by Gasteiger charge is 2.51. The molecule has 3 heterocycles. The molecule has 0 spiro atoms. The van der Waals surface area contributed by atoms with Crippen molar-refractivity contribution in [1.82, 2.24) is 20.2 Å². The van der Waals surface area contributed by atoms with Crippen molar-refractivity contribution in [3.63, 3.8) is 0 Å². The Labute approximate surface area is 160 Å². The maximum absolute atomic E-state index is 12.8. The summed E-state index contributed by atoms with van der Waals surface area (Å²) < 4.78 is 10.8. The van der Waals surface area contributed by atoms with E-state index in [0.29, 0.717) is 30.9 Å². The lowest BCUT2D eigenvalue weighted by molar-refractivity contribution is -0.0750. The number of anilines is 1. The second-order valence-electron chi connectivity index (χ2n) is 8.09. The molecule has 3 aliphatic rings. The molecule has 1 N–H and O–H groups in total. The van der Waals surface area contributed by atoms with Gasteiger partial charge in [0, 0.05) is 49.9 Å². The van der Waals surface area contributed by atoms with E-state index < -0.39 is 0 Å². The van der Waals surface area contributed by atoms with Gasteiger partial charge in [-0.3, -0.25) is 9.69 Å². The van der Waals surface area contributed by atoms with Crippen LogP contribution in [0.4, 0.5) is 5.95 Å². The average molecular weight is 375 g/mol. The molecule has 8 heteroatoms. The number of nitrogens with one attached hydrogen (secondary N) is 1. The van der Waals surface area contributed by atoms with E-state index in [1.54, 1.807) is 12.3 Å². The summed E-state index contributed by atoms with van der Waals surface area (Å²) in [6.07, 6.45) is 2.63. The number of nitrogens with zero attached hydrogens (tertiary/aromatic N) is 4. The summed E-state index contributed by atoms with van der Waals surface area (Å²) >= 11 is 0. The van der Waals surface area contributed by atoms with Crippen LogP contribution in [-0.2, 0) is 9.47 Å². The molecule has 4 rings (SSSR count). The molecule has 2 atom stereocenters. The van der Waals surface area contributed by atoms with Gasteiger partial charge in [0.25, 0.3) is 5.91 Å². The molecule has 3 fully saturated rings. The summed E-state index contributed by atoms with van der Waals surface area (Å²) in [5.74, 6) is 0.482. The van der Waals surface area contributed by atoms with Gasteiger partial charge in [-0.05, 0) is 12.5 Å². The molecule has 1 amide bonds. The molecular weight excluding hydrogens is 346 g/mol. The van der Waals surface area contributed by atoms with Gasteiger partial charge in [0.15, 0.2) is 0 Å². The Bertz CT molecular complexity index is 671. The molecule has 0 radical (unpaired) electrons. The van der Waals surface area contributed by atoms with E-state index in [1.807, 2.05) is 0 Å². The van der Waals surface area contributed by atoms with Crippen LogP contribution in [-0.4, -0.2) is 85.5 Å². The third-order valence-corrected chi connectivity index (χ3v) is 6.18. The maximum atomic E-state index is 12.8. The van der Waals surface area contributed by atoms with Gasteiger partial charge < -0.3 is 19.7 Å². The Morgan fingerprint density at radius 3 is 2.48 bits per heavy atom. The van der Waals surface area contributed by atoms with Gasteiger partial charge in [-0.1, -0.05) is 13.8 Å².